The number of nitrogens with zero attached hydrogens (tertiary/aromatic N) is 1. The largest absolute Gasteiger partial charge is 0.444 e. The van der Waals surface area contributed by atoms with Crippen molar-refractivity contribution in [1.82, 2.24) is 15.5 Å². The number of imide groups is 1. The summed E-state index contributed by atoms with van der Waals surface area (Å²) in [5.41, 5.74) is 3.11. The zero-order valence-corrected chi connectivity index (χ0v) is 20.0. The van der Waals surface area contributed by atoms with Gasteiger partial charge in [-0.25, -0.2) is 4.79 Å². The Kier molecular flexibility index (Phi) is 6.36. The number of fused-ring (bicyclic) bond motifs is 1. The molecule has 34 heavy (non-hydrogen) atoms. The van der Waals surface area contributed by atoms with E-state index in [1.54, 1.807) is 45.0 Å². The Morgan fingerprint density at radius 1 is 1.18 bits per heavy atom. The summed E-state index contributed by atoms with van der Waals surface area (Å²) in [6.45, 7) is 5.85. The van der Waals surface area contributed by atoms with E-state index < -0.39 is 23.6 Å². The van der Waals surface area contributed by atoms with Gasteiger partial charge in [0.1, 0.15) is 11.6 Å². The topological polar surface area (TPSA) is 105 Å². The number of carbonyl (C=O) groups is 4. The maximum absolute atomic E-state index is 13.1. The van der Waals surface area contributed by atoms with E-state index in [9.17, 15) is 19.2 Å². The molecule has 2 aliphatic heterocycles. The normalized spacial score (nSPS) is 17.9. The van der Waals surface area contributed by atoms with Crippen LogP contribution in [0.1, 0.15) is 55.1 Å². The summed E-state index contributed by atoms with van der Waals surface area (Å²) in [6.07, 6.45) is -0.0246. The van der Waals surface area contributed by atoms with Crippen molar-refractivity contribution in [2.45, 2.75) is 58.3 Å². The van der Waals surface area contributed by atoms with Crippen LogP contribution in [0.15, 0.2) is 36.4 Å². The minimum absolute atomic E-state index is 0.200. The summed E-state index contributed by atoms with van der Waals surface area (Å²) in [6, 6.07) is 10.2. The number of benzene rings is 2. The Labute approximate surface area is 202 Å². The molecule has 0 aliphatic carbocycles. The molecule has 2 aromatic carbocycles. The van der Waals surface area contributed by atoms with E-state index in [4.69, 9.17) is 16.3 Å². The Balaban J connectivity index is 1.58. The van der Waals surface area contributed by atoms with Gasteiger partial charge in [0.2, 0.25) is 11.8 Å². The smallest absolute Gasteiger partial charge is 0.407 e. The van der Waals surface area contributed by atoms with Crippen molar-refractivity contribution in [3.05, 3.63) is 58.1 Å². The zero-order chi connectivity index (χ0) is 24.6. The van der Waals surface area contributed by atoms with E-state index in [-0.39, 0.29) is 31.3 Å². The number of amides is 4. The van der Waals surface area contributed by atoms with Gasteiger partial charge in [0.05, 0.1) is 0 Å². The summed E-state index contributed by atoms with van der Waals surface area (Å²) < 4.78 is 5.28. The molecule has 2 heterocycles. The fourth-order valence-corrected chi connectivity index (χ4v) is 4.51. The van der Waals surface area contributed by atoms with Crippen LogP contribution in [-0.4, -0.2) is 40.4 Å². The first-order chi connectivity index (χ1) is 16.0. The SMILES string of the molecule is CC(C)(C)OC(=O)NCc1cc(Cl)cc(-c2cccc3c2CN(C2CCC(=O)NC2=O)C3=O)c1. The first-order valence-electron chi connectivity index (χ1n) is 11.0. The molecular formula is C25H26ClN3O5. The lowest BCUT2D eigenvalue weighted by atomic mass is 9.95. The third-order valence-electron chi connectivity index (χ3n) is 5.69. The Morgan fingerprint density at radius 3 is 2.62 bits per heavy atom. The predicted molar refractivity (Wildman–Crippen MR) is 126 cm³/mol. The number of alkyl carbamates (subject to hydrolysis) is 1. The number of nitrogens with one attached hydrogen (secondary N) is 2. The van der Waals surface area contributed by atoms with Crippen LogP contribution >= 0.6 is 11.6 Å². The molecule has 1 unspecified atom stereocenters. The standard InChI is InChI=1S/C25H26ClN3O5/c1-25(2,3)34-24(33)27-12-14-9-15(11-16(26)10-14)17-5-4-6-18-19(17)13-29(23(18)32)20-7-8-21(30)28-22(20)31/h4-6,9-11,20H,7-8,12-13H2,1-3H3,(H,27,33)(H,28,30,31). The quantitative estimate of drug-likeness (QED) is 0.644. The molecule has 1 atom stereocenters. The number of hydrogen-bond donors (Lipinski definition) is 2. The van der Waals surface area contributed by atoms with Gasteiger partial charge < -0.3 is 15.0 Å². The number of piperidine rings is 1. The number of hydrogen-bond acceptors (Lipinski definition) is 5. The maximum atomic E-state index is 13.1. The Bertz CT molecular complexity index is 1190. The number of rotatable bonds is 4. The molecule has 9 heteroatoms. The van der Waals surface area contributed by atoms with E-state index in [1.807, 2.05) is 12.1 Å². The summed E-state index contributed by atoms with van der Waals surface area (Å²) in [7, 11) is 0. The van der Waals surface area contributed by atoms with Crippen LogP contribution in [0.5, 0.6) is 0 Å². The highest BCUT2D eigenvalue weighted by molar-refractivity contribution is 6.31. The fourth-order valence-electron chi connectivity index (χ4n) is 4.25. The second-order valence-electron chi connectivity index (χ2n) is 9.44. The molecular weight excluding hydrogens is 458 g/mol. The van der Waals surface area contributed by atoms with Gasteiger partial charge in [-0.3, -0.25) is 19.7 Å². The van der Waals surface area contributed by atoms with Crippen molar-refractivity contribution >= 4 is 35.4 Å². The second kappa shape index (κ2) is 9.10. The Hall–Kier alpha value is -3.39. The molecule has 2 N–H and O–H groups in total. The van der Waals surface area contributed by atoms with Crippen LogP contribution in [0.2, 0.25) is 5.02 Å². The van der Waals surface area contributed by atoms with Gasteiger partial charge >= 0.3 is 6.09 Å². The third kappa shape index (κ3) is 5.07. The van der Waals surface area contributed by atoms with Crippen molar-refractivity contribution in [3.8, 4) is 11.1 Å². The van der Waals surface area contributed by atoms with Gasteiger partial charge in [0.25, 0.3) is 5.91 Å². The summed E-state index contributed by atoms with van der Waals surface area (Å²) in [5, 5.41) is 5.53. The van der Waals surface area contributed by atoms with Gasteiger partial charge in [-0.2, -0.15) is 0 Å². The first-order valence-corrected chi connectivity index (χ1v) is 11.4. The van der Waals surface area contributed by atoms with Crippen molar-refractivity contribution < 1.29 is 23.9 Å². The third-order valence-corrected chi connectivity index (χ3v) is 5.90. The van der Waals surface area contributed by atoms with Crippen LogP contribution in [0.25, 0.3) is 11.1 Å². The van der Waals surface area contributed by atoms with Gasteiger partial charge in [-0.05, 0) is 73.7 Å². The lowest BCUT2D eigenvalue weighted by molar-refractivity contribution is -0.136. The van der Waals surface area contributed by atoms with Crippen LogP contribution in [0.4, 0.5) is 4.79 Å². The molecule has 0 bridgehead atoms. The summed E-state index contributed by atoms with van der Waals surface area (Å²) >= 11 is 6.38. The highest BCUT2D eigenvalue weighted by atomic mass is 35.5. The minimum atomic E-state index is -0.682. The molecule has 0 radical (unpaired) electrons. The van der Waals surface area contributed by atoms with Crippen molar-refractivity contribution in [2.75, 3.05) is 0 Å². The number of ether oxygens (including phenoxy) is 1. The van der Waals surface area contributed by atoms with Gasteiger partial charge in [-0.15, -0.1) is 0 Å². The van der Waals surface area contributed by atoms with Gasteiger partial charge in [-0.1, -0.05) is 23.7 Å². The molecule has 178 valence electrons. The minimum Gasteiger partial charge on any atom is -0.444 e. The average Bonchev–Trinajstić information content (AvgIpc) is 3.07. The molecule has 4 amide bonds. The average molecular weight is 484 g/mol. The van der Waals surface area contributed by atoms with E-state index in [0.29, 0.717) is 17.0 Å². The molecule has 0 aromatic heterocycles. The maximum Gasteiger partial charge on any atom is 0.407 e. The fraction of sp³-hybridized carbons (Fsp3) is 0.360. The molecule has 2 aliphatic rings. The van der Waals surface area contributed by atoms with Crippen LogP contribution in [0.3, 0.4) is 0 Å². The first kappa shape index (κ1) is 23.8. The molecule has 0 saturated carbocycles. The molecule has 1 fully saturated rings. The highest BCUT2D eigenvalue weighted by Crippen LogP contribution is 2.36. The Morgan fingerprint density at radius 2 is 1.91 bits per heavy atom. The van der Waals surface area contributed by atoms with Gasteiger partial charge in [0, 0.05) is 30.1 Å². The van der Waals surface area contributed by atoms with Crippen molar-refractivity contribution in [3.63, 3.8) is 0 Å². The lowest BCUT2D eigenvalue weighted by Gasteiger charge is -2.29. The predicted octanol–water partition coefficient (Wildman–Crippen LogP) is 3.79. The summed E-state index contributed by atoms with van der Waals surface area (Å²) in [4.78, 5) is 50.5. The molecule has 0 spiro atoms. The number of halogens is 1. The second-order valence-corrected chi connectivity index (χ2v) is 9.87. The molecule has 2 aromatic rings. The zero-order valence-electron chi connectivity index (χ0n) is 19.2. The van der Waals surface area contributed by atoms with E-state index in [2.05, 4.69) is 10.6 Å². The van der Waals surface area contributed by atoms with E-state index in [1.165, 1.54) is 4.90 Å². The highest BCUT2D eigenvalue weighted by Gasteiger charge is 2.39. The van der Waals surface area contributed by atoms with E-state index >= 15 is 0 Å². The monoisotopic (exact) mass is 483 g/mol. The molecule has 4 rings (SSSR count). The van der Waals surface area contributed by atoms with Crippen LogP contribution in [-0.2, 0) is 27.4 Å². The van der Waals surface area contributed by atoms with E-state index in [0.717, 1.165) is 22.3 Å². The molecule has 1 saturated heterocycles. The van der Waals surface area contributed by atoms with Crippen LogP contribution < -0.4 is 10.6 Å². The number of carbonyl (C=O) groups excluding carboxylic acids is 4. The van der Waals surface area contributed by atoms with Crippen LogP contribution in [0, 0.1) is 0 Å². The van der Waals surface area contributed by atoms with Crippen molar-refractivity contribution in [2.24, 2.45) is 0 Å². The molecule has 8 nitrogen and oxygen atoms in total. The lowest BCUT2D eigenvalue weighted by Crippen LogP contribution is -2.52. The summed E-state index contributed by atoms with van der Waals surface area (Å²) in [5.74, 6) is -1.00. The van der Waals surface area contributed by atoms with Crippen molar-refractivity contribution in [1.29, 1.82) is 0 Å². The van der Waals surface area contributed by atoms with Gasteiger partial charge in [0.15, 0.2) is 0 Å².